The molecule has 0 bridgehead atoms. The van der Waals surface area contributed by atoms with Crippen molar-refractivity contribution < 1.29 is 22.7 Å². The van der Waals surface area contributed by atoms with Crippen molar-refractivity contribution in [2.75, 3.05) is 6.61 Å². The van der Waals surface area contributed by atoms with Crippen LogP contribution in [0.3, 0.4) is 0 Å². The number of aromatic nitrogens is 2. The van der Waals surface area contributed by atoms with Gasteiger partial charge in [-0.15, -0.1) is 0 Å². The number of rotatable bonds is 5. The Morgan fingerprint density at radius 1 is 1.53 bits per heavy atom. The molecule has 2 rings (SSSR count). The minimum absolute atomic E-state index is 0.0282. The first-order chi connectivity index (χ1) is 8.90. The normalized spacial score (nSPS) is 18.9. The molecular formula is C12H15F3N2O2. The highest BCUT2D eigenvalue weighted by Gasteiger charge is 2.68. The van der Waals surface area contributed by atoms with Crippen LogP contribution in [0.25, 0.3) is 0 Å². The summed E-state index contributed by atoms with van der Waals surface area (Å²) in [5, 5.41) is 3.86. The summed E-state index contributed by atoms with van der Waals surface area (Å²) >= 11 is 0. The van der Waals surface area contributed by atoms with Gasteiger partial charge in [0.15, 0.2) is 0 Å². The van der Waals surface area contributed by atoms with Gasteiger partial charge in [-0.1, -0.05) is 0 Å². The Bertz CT molecular complexity index is 438. The summed E-state index contributed by atoms with van der Waals surface area (Å²) in [5.74, 6) is -0.626. The third-order valence-corrected chi connectivity index (χ3v) is 3.50. The molecule has 4 nitrogen and oxygen atoms in total. The number of ether oxygens (including phenoxy) is 1. The molecule has 0 spiro atoms. The fraction of sp³-hybridized carbons (Fsp3) is 0.667. The quantitative estimate of drug-likeness (QED) is 0.777. The van der Waals surface area contributed by atoms with Gasteiger partial charge in [0.05, 0.1) is 24.5 Å². The predicted molar refractivity (Wildman–Crippen MR) is 60.2 cm³/mol. The van der Waals surface area contributed by atoms with Gasteiger partial charge in [0.25, 0.3) is 0 Å². The molecule has 1 aliphatic carbocycles. The number of halogens is 3. The maximum absolute atomic E-state index is 13.2. The largest absolute Gasteiger partial charge is 0.466 e. The van der Waals surface area contributed by atoms with Gasteiger partial charge in [-0.2, -0.15) is 18.3 Å². The molecule has 1 unspecified atom stereocenters. The first-order valence-electron chi connectivity index (χ1n) is 6.12. The van der Waals surface area contributed by atoms with Gasteiger partial charge in [0, 0.05) is 12.4 Å². The number of hydrogen-bond acceptors (Lipinski definition) is 3. The Morgan fingerprint density at radius 3 is 2.63 bits per heavy atom. The lowest BCUT2D eigenvalue weighted by Crippen LogP contribution is -2.36. The Labute approximate surface area is 108 Å². The van der Waals surface area contributed by atoms with Crippen molar-refractivity contribution in [1.82, 2.24) is 9.78 Å². The van der Waals surface area contributed by atoms with E-state index in [2.05, 4.69) is 5.10 Å². The van der Waals surface area contributed by atoms with Crippen molar-refractivity contribution in [3.8, 4) is 0 Å². The van der Waals surface area contributed by atoms with E-state index in [9.17, 15) is 18.0 Å². The van der Waals surface area contributed by atoms with E-state index in [1.807, 2.05) is 0 Å². The number of carbonyl (C=O) groups excluding carboxylic acids is 1. The second kappa shape index (κ2) is 4.86. The summed E-state index contributed by atoms with van der Waals surface area (Å²) in [7, 11) is 0. The van der Waals surface area contributed by atoms with Crippen molar-refractivity contribution in [2.24, 2.45) is 5.41 Å². The lowest BCUT2D eigenvalue weighted by atomic mass is 9.93. The molecule has 0 aromatic carbocycles. The van der Waals surface area contributed by atoms with E-state index in [4.69, 9.17) is 4.74 Å². The van der Waals surface area contributed by atoms with E-state index in [1.165, 1.54) is 17.1 Å². The molecule has 0 radical (unpaired) electrons. The van der Waals surface area contributed by atoms with Crippen molar-refractivity contribution in [3.63, 3.8) is 0 Å². The topological polar surface area (TPSA) is 44.1 Å². The Balaban J connectivity index is 2.24. The van der Waals surface area contributed by atoms with E-state index in [0.29, 0.717) is 0 Å². The molecule has 106 valence electrons. The molecule has 0 N–H and O–H groups in total. The first-order valence-corrected chi connectivity index (χ1v) is 6.12. The zero-order valence-corrected chi connectivity index (χ0v) is 10.5. The Morgan fingerprint density at radius 2 is 2.21 bits per heavy atom. The summed E-state index contributed by atoms with van der Waals surface area (Å²) in [5.41, 5.74) is -1.84. The molecule has 0 amide bonds. The molecule has 1 aromatic rings. The van der Waals surface area contributed by atoms with Crippen molar-refractivity contribution in [1.29, 1.82) is 0 Å². The van der Waals surface area contributed by atoms with Crippen LogP contribution in [-0.4, -0.2) is 28.5 Å². The minimum Gasteiger partial charge on any atom is -0.466 e. The highest BCUT2D eigenvalue weighted by molar-refractivity contribution is 5.70. The summed E-state index contributed by atoms with van der Waals surface area (Å²) in [4.78, 5) is 11.5. The standard InChI is InChI=1S/C12H15F3N2O2/c1-2-19-10(18)8-9(17-7-3-6-16-17)11(4-5-11)12(13,14)15/h3,6-7,9H,2,4-5,8H2,1H3. The van der Waals surface area contributed by atoms with Crippen LogP contribution in [0.2, 0.25) is 0 Å². The molecule has 1 aliphatic rings. The lowest BCUT2D eigenvalue weighted by Gasteiger charge is -2.28. The predicted octanol–water partition coefficient (Wildman–Crippen LogP) is 2.72. The van der Waals surface area contributed by atoms with E-state index in [1.54, 1.807) is 13.0 Å². The highest BCUT2D eigenvalue weighted by atomic mass is 19.4. The van der Waals surface area contributed by atoms with Crippen LogP contribution < -0.4 is 0 Å². The fourth-order valence-corrected chi connectivity index (χ4v) is 2.33. The molecule has 1 saturated carbocycles. The Kier molecular flexibility index (Phi) is 3.56. The molecular weight excluding hydrogens is 261 g/mol. The van der Waals surface area contributed by atoms with Crippen molar-refractivity contribution in [3.05, 3.63) is 18.5 Å². The number of carbonyl (C=O) groups is 1. The van der Waals surface area contributed by atoms with Gasteiger partial charge < -0.3 is 4.74 Å². The summed E-state index contributed by atoms with van der Waals surface area (Å²) in [6, 6.07) is 0.520. The van der Waals surface area contributed by atoms with Gasteiger partial charge in [0.2, 0.25) is 0 Å². The molecule has 0 saturated heterocycles. The molecule has 1 aromatic heterocycles. The first kappa shape index (κ1) is 13.9. The molecule has 7 heteroatoms. The number of hydrogen-bond donors (Lipinski definition) is 0. The van der Waals surface area contributed by atoms with E-state index in [0.717, 1.165) is 0 Å². The van der Waals surface area contributed by atoms with E-state index >= 15 is 0 Å². The number of esters is 1. The average Bonchev–Trinajstić information content (AvgIpc) is 2.95. The van der Waals surface area contributed by atoms with Crippen LogP contribution >= 0.6 is 0 Å². The number of nitrogens with zero attached hydrogens (tertiary/aromatic N) is 2. The highest BCUT2D eigenvalue weighted by Crippen LogP contribution is 2.64. The van der Waals surface area contributed by atoms with Crippen LogP contribution in [0.15, 0.2) is 18.5 Å². The van der Waals surface area contributed by atoms with Gasteiger partial charge in [-0.05, 0) is 25.8 Å². The lowest BCUT2D eigenvalue weighted by molar-refractivity contribution is -0.203. The molecule has 0 aliphatic heterocycles. The maximum Gasteiger partial charge on any atom is 0.396 e. The van der Waals surface area contributed by atoms with Crippen LogP contribution in [0.1, 0.15) is 32.2 Å². The third-order valence-electron chi connectivity index (χ3n) is 3.50. The van der Waals surface area contributed by atoms with Crippen molar-refractivity contribution >= 4 is 5.97 Å². The zero-order valence-electron chi connectivity index (χ0n) is 10.5. The second-order valence-electron chi connectivity index (χ2n) is 4.66. The molecule has 19 heavy (non-hydrogen) atoms. The van der Waals surface area contributed by atoms with Crippen LogP contribution in [0.5, 0.6) is 0 Å². The van der Waals surface area contributed by atoms with E-state index < -0.39 is 23.6 Å². The van der Waals surface area contributed by atoms with Gasteiger partial charge in [-0.25, -0.2) is 0 Å². The SMILES string of the molecule is CCOC(=O)CC(n1cccn1)C1(C(F)(F)F)CC1. The molecule has 1 atom stereocenters. The molecule has 1 fully saturated rings. The van der Waals surface area contributed by atoms with Crippen molar-refractivity contribution in [2.45, 2.75) is 38.4 Å². The smallest absolute Gasteiger partial charge is 0.396 e. The second-order valence-corrected chi connectivity index (χ2v) is 4.66. The fourth-order valence-electron chi connectivity index (χ4n) is 2.33. The number of alkyl halides is 3. The monoisotopic (exact) mass is 276 g/mol. The van der Waals surface area contributed by atoms with E-state index in [-0.39, 0.29) is 25.9 Å². The van der Waals surface area contributed by atoms with Crippen LogP contribution in [0, 0.1) is 5.41 Å². The Hall–Kier alpha value is -1.53. The molecule has 1 heterocycles. The van der Waals surface area contributed by atoms with Gasteiger partial charge in [-0.3, -0.25) is 9.48 Å². The minimum atomic E-state index is -4.34. The zero-order chi connectivity index (χ0) is 14.1. The van der Waals surface area contributed by atoms with Gasteiger partial charge >= 0.3 is 12.1 Å². The average molecular weight is 276 g/mol. The summed E-state index contributed by atoms with van der Waals surface area (Å²) in [6.45, 7) is 1.78. The summed E-state index contributed by atoms with van der Waals surface area (Å²) < 4.78 is 45.5. The third kappa shape index (κ3) is 2.59. The van der Waals surface area contributed by atoms with Gasteiger partial charge in [0.1, 0.15) is 0 Å². The van der Waals surface area contributed by atoms with Crippen LogP contribution in [-0.2, 0) is 9.53 Å². The van der Waals surface area contributed by atoms with Crippen LogP contribution in [0.4, 0.5) is 13.2 Å². The summed E-state index contributed by atoms with van der Waals surface area (Å²) in [6.07, 6.45) is -1.73. The maximum atomic E-state index is 13.2.